The number of nitrogens with one attached hydrogen (secondary N) is 1. The molecule has 0 aromatic carbocycles. The highest BCUT2D eigenvalue weighted by molar-refractivity contribution is 5.78. The third-order valence-electron chi connectivity index (χ3n) is 4.53. The zero-order chi connectivity index (χ0) is 13.7. The molecule has 0 radical (unpaired) electrons. The predicted molar refractivity (Wildman–Crippen MR) is 79.0 cm³/mol. The molecule has 110 valence electrons. The van der Waals surface area contributed by atoms with E-state index in [2.05, 4.69) is 24.1 Å². The summed E-state index contributed by atoms with van der Waals surface area (Å²) in [7, 11) is 0. The minimum atomic E-state index is 0.308. The number of hydrogen-bond acceptors (Lipinski definition) is 2. The van der Waals surface area contributed by atoms with Gasteiger partial charge in [-0.15, -0.1) is 0 Å². The van der Waals surface area contributed by atoms with Gasteiger partial charge in [0, 0.05) is 13.1 Å². The van der Waals surface area contributed by atoms with Crippen molar-refractivity contribution in [2.75, 3.05) is 26.2 Å². The van der Waals surface area contributed by atoms with E-state index in [-0.39, 0.29) is 0 Å². The molecule has 1 aliphatic carbocycles. The Bertz CT molecular complexity index is 278. The van der Waals surface area contributed by atoms with Crippen molar-refractivity contribution in [1.82, 2.24) is 10.2 Å². The zero-order valence-corrected chi connectivity index (χ0v) is 12.7. The van der Waals surface area contributed by atoms with Crippen molar-refractivity contribution in [3.05, 3.63) is 0 Å². The van der Waals surface area contributed by atoms with E-state index < -0.39 is 0 Å². The van der Waals surface area contributed by atoms with E-state index in [4.69, 9.17) is 0 Å². The number of nitrogens with zero attached hydrogens (tertiary/aromatic N) is 1. The summed E-state index contributed by atoms with van der Waals surface area (Å²) in [6.45, 7) is 8.14. The van der Waals surface area contributed by atoms with Crippen molar-refractivity contribution >= 4 is 5.91 Å². The molecule has 1 saturated carbocycles. The van der Waals surface area contributed by atoms with Gasteiger partial charge in [-0.1, -0.05) is 26.7 Å². The summed E-state index contributed by atoms with van der Waals surface area (Å²) in [5.74, 6) is 2.83. The summed E-state index contributed by atoms with van der Waals surface area (Å²) in [6, 6.07) is 0. The van der Waals surface area contributed by atoms with E-state index in [1.54, 1.807) is 0 Å². The molecule has 3 heteroatoms. The second kappa shape index (κ2) is 7.28. The van der Waals surface area contributed by atoms with Gasteiger partial charge in [0.15, 0.2) is 0 Å². The van der Waals surface area contributed by atoms with E-state index in [0.717, 1.165) is 37.4 Å². The lowest BCUT2D eigenvalue weighted by atomic mass is 9.89. The Labute approximate surface area is 118 Å². The third kappa shape index (κ3) is 5.52. The number of carbonyl (C=O) groups is 1. The second-order valence-corrected chi connectivity index (χ2v) is 6.87. The molecule has 0 aromatic heterocycles. The van der Waals surface area contributed by atoms with Crippen LogP contribution in [-0.2, 0) is 4.79 Å². The van der Waals surface area contributed by atoms with Crippen LogP contribution in [0, 0.1) is 17.8 Å². The van der Waals surface area contributed by atoms with Crippen molar-refractivity contribution < 1.29 is 4.79 Å². The van der Waals surface area contributed by atoms with Crippen LogP contribution >= 0.6 is 0 Å². The highest BCUT2D eigenvalue weighted by atomic mass is 16.2. The average molecular weight is 266 g/mol. The Kier molecular flexibility index (Phi) is 5.68. The molecule has 1 amide bonds. The highest BCUT2D eigenvalue weighted by Gasteiger charge is 2.24. The Balaban J connectivity index is 1.57. The van der Waals surface area contributed by atoms with Crippen molar-refractivity contribution in [2.45, 2.75) is 52.4 Å². The highest BCUT2D eigenvalue weighted by Crippen LogP contribution is 2.27. The number of likely N-dealkylation sites (tertiary alicyclic amines) is 1. The molecule has 2 rings (SSSR count). The van der Waals surface area contributed by atoms with Gasteiger partial charge in [-0.05, 0) is 50.0 Å². The molecular weight excluding hydrogens is 236 g/mol. The van der Waals surface area contributed by atoms with Crippen LogP contribution in [0.3, 0.4) is 0 Å². The summed E-state index contributed by atoms with van der Waals surface area (Å²) in [5, 5.41) is 3.30. The van der Waals surface area contributed by atoms with E-state index >= 15 is 0 Å². The number of amides is 1. The summed E-state index contributed by atoms with van der Waals surface area (Å²) in [6.07, 6.45) is 7.80. The van der Waals surface area contributed by atoms with Crippen molar-refractivity contribution in [3.8, 4) is 0 Å². The zero-order valence-electron chi connectivity index (χ0n) is 12.7. The number of hydrogen-bond donors (Lipinski definition) is 1. The van der Waals surface area contributed by atoms with Crippen molar-refractivity contribution in [3.63, 3.8) is 0 Å². The average Bonchev–Trinajstić information content (AvgIpc) is 3.21. The molecule has 3 nitrogen and oxygen atoms in total. The van der Waals surface area contributed by atoms with E-state index in [0.29, 0.717) is 12.5 Å². The van der Waals surface area contributed by atoms with Crippen molar-refractivity contribution in [2.24, 2.45) is 17.8 Å². The van der Waals surface area contributed by atoms with Crippen LogP contribution in [0.1, 0.15) is 52.4 Å². The van der Waals surface area contributed by atoms with Crippen molar-refractivity contribution in [1.29, 1.82) is 0 Å². The minimum Gasteiger partial charge on any atom is -0.342 e. The van der Waals surface area contributed by atoms with Gasteiger partial charge in [-0.2, -0.15) is 0 Å². The largest absolute Gasteiger partial charge is 0.342 e. The van der Waals surface area contributed by atoms with Gasteiger partial charge >= 0.3 is 0 Å². The molecule has 1 aliphatic heterocycles. The molecule has 1 heterocycles. The molecule has 0 bridgehead atoms. The maximum absolute atomic E-state index is 12.0. The Morgan fingerprint density at radius 1 is 1.16 bits per heavy atom. The second-order valence-electron chi connectivity index (χ2n) is 6.87. The van der Waals surface area contributed by atoms with Gasteiger partial charge in [0.25, 0.3) is 0 Å². The smallest absolute Gasteiger partial charge is 0.236 e. The fourth-order valence-corrected chi connectivity index (χ4v) is 2.86. The number of rotatable bonds is 7. The Morgan fingerprint density at radius 3 is 2.42 bits per heavy atom. The number of piperidine rings is 1. The normalized spacial score (nSPS) is 21.1. The molecule has 2 aliphatic rings. The molecule has 1 saturated heterocycles. The molecule has 0 aromatic rings. The third-order valence-corrected chi connectivity index (χ3v) is 4.53. The van der Waals surface area contributed by atoms with E-state index in [1.165, 1.54) is 38.5 Å². The van der Waals surface area contributed by atoms with Gasteiger partial charge in [0.2, 0.25) is 5.91 Å². The Morgan fingerprint density at radius 2 is 1.84 bits per heavy atom. The fourth-order valence-electron chi connectivity index (χ4n) is 2.86. The molecule has 0 atom stereocenters. The van der Waals surface area contributed by atoms with E-state index in [9.17, 15) is 4.79 Å². The maximum Gasteiger partial charge on any atom is 0.236 e. The molecular formula is C16H30N2O. The van der Waals surface area contributed by atoms with Gasteiger partial charge in [-0.25, -0.2) is 0 Å². The fraction of sp³-hybridized carbons (Fsp3) is 0.938. The topological polar surface area (TPSA) is 32.3 Å². The summed E-state index contributed by atoms with van der Waals surface area (Å²) in [4.78, 5) is 14.1. The van der Waals surface area contributed by atoms with Gasteiger partial charge < -0.3 is 10.2 Å². The number of carbonyl (C=O) groups excluding carboxylic acids is 1. The molecule has 0 unspecified atom stereocenters. The molecule has 1 N–H and O–H groups in total. The first-order valence-corrected chi connectivity index (χ1v) is 8.13. The quantitative estimate of drug-likeness (QED) is 0.768. The molecule has 0 spiro atoms. The summed E-state index contributed by atoms with van der Waals surface area (Å²) < 4.78 is 0. The lowest BCUT2D eigenvalue weighted by Gasteiger charge is -2.32. The first-order chi connectivity index (χ1) is 9.15. The lowest BCUT2D eigenvalue weighted by molar-refractivity contribution is -0.131. The molecule has 19 heavy (non-hydrogen) atoms. The van der Waals surface area contributed by atoms with Crippen LogP contribution in [0.2, 0.25) is 0 Å². The van der Waals surface area contributed by atoms with Crippen LogP contribution < -0.4 is 5.32 Å². The Hall–Kier alpha value is -0.570. The van der Waals surface area contributed by atoms with Gasteiger partial charge in [0.05, 0.1) is 6.54 Å². The van der Waals surface area contributed by atoms with Gasteiger partial charge in [0.1, 0.15) is 0 Å². The first-order valence-electron chi connectivity index (χ1n) is 8.13. The van der Waals surface area contributed by atoms with Crippen LogP contribution in [0.5, 0.6) is 0 Å². The van der Waals surface area contributed by atoms with Crippen LogP contribution in [0.15, 0.2) is 0 Å². The summed E-state index contributed by atoms with van der Waals surface area (Å²) in [5.41, 5.74) is 0. The van der Waals surface area contributed by atoms with Crippen LogP contribution in [-0.4, -0.2) is 37.0 Å². The van der Waals surface area contributed by atoms with Gasteiger partial charge in [-0.3, -0.25) is 4.79 Å². The standard InChI is InChI=1S/C16H30N2O/c1-13(2)3-4-14-7-9-18(10-8-14)16(19)12-17-11-15-5-6-15/h13-15,17H,3-12H2,1-2H3. The monoisotopic (exact) mass is 266 g/mol. The first kappa shape index (κ1) is 14.8. The van der Waals surface area contributed by atoms with Crippen LogP contribution in [0.25, 0.3) is 0 Å². The van der Waals surface area contributed by atoms with E-state index in [1.807, 2.05) is 0 Å². The maximum atomic E-state index is 12.0. The summed E-state index contributed by atoms with van der Waals surface area (Å²) >= 11 is 0. The SMILES string of the molecule is CC(C)CCC1CCN(C(=O)CNCC2CC2)CC1. The minimum absolute atomic E-state index is 0.308. The molecule has 2 fully saturated rings. The van der Waals surface area contributed by atoms with Crippen LogP contribution in [0.4, 0.5) is 0 Å². The predicted octanol–water partition coefficient (Wildman–Crippen LogP) is 2.66. The lowest BCUT2D eigenvalue weighted by Crippen LogP contribution is -2.43.